The largest absolute Gasteiger partial charge is 0.481 e. The summed E-state index contributed by atoms with van der Waals surface area (Å²) in [6, 6.07) is 4.24. The standard InChI is InChI=1S/C12H18N2O2/c1-16-12-10(4-2-6-13-12)8-14-7-3-5-11(14)9-15/h2,4,6,11,15H,3,5,7-9H2,1H3. The Labute approximate surface area is 95.9 Å². The number of likely N-dealkylation sites (tertiary alicyclic amines) is 1. The monoisotopic (exact) mass is 222 g/mol. The highest BCUT2D eigenvalue weighted by molar-refractivity contribution is 5.25. The third kappa shape index (κ3) is 2.33. The maximum atomic E-state index is 9.25. The fourth-order valence-corrected chi connectivity index (χ4v) is 2.26. The van der Waals surface area contributed by atoms with Crippen LogP contribution in [0.2, 0.25) is 0 Å². The summed E-state index contributed by atoms with van der Waals surface area (Å²) in [5.74, 6) is 0.686. The zero-order valence-corrected chi connectivity index (χ0v) is 9.59. The molecule has 0 radical (unpaired) electrons. The van der Waals surface area contributed by atoms with E-state index < -0.39 is 0 Å². The minimum absolute atomic E-state index is 0.239. The molecule has 0 saturated carbocycles. The van der Waals surface area contributed by atoms with Crippen LogP contribution in [0.15, 0.2) is 18.3 Å². The molecule has 1 aliphatic rings. The number of hydrogen-bond acceptors (Lipinski definition) is 4. The molecule has 1 aromatic rings. The summed E-state index contributed by atoms with van der Waals surface area (Å²) in [7, 11) is 1.64. The molecule has 1 aromatic heterocycles. The van der Waals surface area contributed by atoms with Gasteiger partial charge in [0.2, 0.25) is 5.88 Å². The number of aliphatic hydroxyl groups is 1. The number of aromatic nitrogens is 1. The number of ether oxygens (including phenoxy) is 1. The Morgan fingerprint density at radius 2 is 2.50 bits per heavy atom. The summed E-state index contributed by atoms with van der Waals surface area (Å²) in [5.41, 5.74) is 1.09. The van der Waals surface area contributed by atoms with Gasteiger partial charge in [-0.3, -0.25) is 4.90 Å². The van der Waals surface area contributed by atoms with Crippen molar-refractivity contribution < 1.29 is 9.84 Å². The van der Waals surface area contributed by atoms with Gasteiger partial charge in [-0.25, -0.2) is 4.98 Å². The predicted octanol–water partition coefficient (Wildman–Crippen LogP) is 1.05. The van der Waals surface area contributed by atoms with Crippen LogP contribution in [-0.2, 0) is 6.54 Å². The molecule has 0 spiro atoms. The second-order valence-electron chi connectivity index (χ2n) is 4.12. The summed E-state index contributed by atoms with van der Waals surface area (Å²) in [5, 5.41) is 9.25. The minimum atomic E-state index is 0.239. The fourth-order valence-electron chi connectivity index (χ4n) is 2.26. The molecule has 4 heteroatoms. The first-order valence-electron chi connectivity index (χ1n) is 5.68. The second-order valence-corrected chi connectivity index (χ2v) is 4.12. The summed E-state index contributed by atoms with van der Waals surface area (Å²) in [6.45, 7) is 2.09. The summed E-state index contributed by atoms with van der Waals surface area (Å²) in [6.07, 6.45) is 3.97. The van der Waals surface area contributed by atoms with Gasteiger partial charge in [0.15, 0.2) is 0 Å². The highest BCUT2D eigenvalue weighted by Crippen LogP contribution is 2.22. The smallest absolute Gasteiger partial charge is 0.217 e. The molecule has 1 saturated heterocycles. The lowest BCUT2D eigenvalue weighted by Crippen LogP contribution is -2.31. The minimum Gasteiger partial charge on any atom is -0.481 e. The molecule has 0 amide bonds. The number of methoxy groups -OCH3 is 1. The van der Waals surface area contributed by atoms with E-state index in [1.165, 1.54) is 0 Å². The Hall–Kier alpha value is -1.13. The normalized spacial score (nSPS) is 21.2. The predicted molar refractivity (Wildman–Crippen MR) is 61.3 cm³/mol. The van der Waals surface area contributed by atoms with Crippen LogP contribution in [0, 0.1) is 0 Å². The lowest BCUT2D eigenvalue weighted by Gasteiger charge is -2.23. The Balaban J connectivity index is 2.08. The van der Waals surface area contributed by atoms with Crippen molar-refractivity contribution in [1.29, 1.82) is 0 Å². The van der Waals surface area contributed by atoms with E-state index >= 15 is 0 Å². The van der Waals surface area contributed by atoms with Crippen LogP contribution < -0.4 is 4.74 Å². The van der Waals surface area contributed by atoms with Gasteiger partial charge in [-0.05, 0) is 25.5 Å². The molecule has 4 nitrogen and oxygen atoms in total. The lowest BCUT2D eigenvalue weighted by molar-refractivity contribution is 0.152. The van der Waals surface area contributed by atoms with Crippen molar-refractivity contribution in [2.24, 2.45) is 0 Å². The zero-order valence-electron chi connectivity index (χ0n) is 9.59. The number of hydrogen-bond donors (Lipinski definition) is 1. The number of aliphatic hydroxyl groups excluding tert-OH is 1. The van der Waals surface area contributed by atoms with Gasteiger partial charge in [0.05, 0.1) is 13.7 Å². The molecule has 2 heterocycles. The summed E-state index contributed by atoms with van der Waals surface area (Å²) < 4.78 is 5.22. The maximum Gasteiger partial charge on any atom is 0.217 e. The Kier molecular flexibility index (Phi) is 3.74. The van der Waals surface area contributed by atoms with Gasteiger partial charge >= 0.3 is 0 Å². The third-order valence-electron chi connectivity index (χ3n) is 3.13. The lowest BCUT2D eigenvalue weighted by atomic mass is 10.2. The Bertz CT molecular complexity index is 344. The fraction of sp³-hybridized carbons (Fsp3) is 0.583. The van der Waals surface area contributed by atoms with E-state index in [-0.39, 0.29) is 6.61 Å². The number of pyridine rings is 1. The van der Waals surface area contributed by atoms with Crippen molar-refractivity contribution in [2.75, 3.05) is 20.3 Å². The first kappa shape index (κ1) is 11.4. The van der Waals surface area contributed by atoms with Crippen LogP contribution in [0.3, 0.4) is 0 Å². The second kappa shape index (κ2) is 5.27. The molecule has 16 heavy (non-hydrogen) atoms. The van der Waals surface area contributed by atoms with Gasteiger partial charge in [0, 0.05) is 24.3 Å². The van der Waals surface area contributed by atoms with E-state index in [0.717, 1.165) is 31.5 Å². The topological polar surface area (TPSA) is 45.6 Å². The van der Waals surface area contributed by atoms with Crippen LogP contribution in [-0.4, -0.2) is 41.3 Å². The van der Waals surface area contributed by atoms with Crippen molar-refractivity contribution in [2.45, 2.75) is 25.4 Å². The van der Waals surface area contributed by atoms with Crippen LogP contribution in [0.4, 0.5) is 0 Å². The molecule has 0 aliphatic carbocycles. The van der Waals surface area contributed by atoms with Crippen molar-refractivity contribution >= 4 is 0 Å². The van der Waals surface area contributed by atoms with Crippen molar-refractivity contribution in [1.82, 2.24) is 9.88 Å². The van der Waals surface area contributed by atoms with Crippen molar-refractivity contribution in [3.05, 3.63) is 23.9 Å². The van der Waals surface area contributed by atoms with Gasteiger partial charge in [-0.1, -0.05) is 6.07 Å². The molecule has 1 atom stereocenters. The third-order valence-corrected chi connectivity index (χ3v) is 3.13. The Morgan fingerprint density at radius 3 is 3.25 bits per heavy atom. The van der Waals surface area contributed by atoms with E-state index in [1.54, 1.807) is 13.3 Å². The molecule has 1 unspecified atom stereocenters. The summed E-state index contributed by atoms with van der Waals surface area (Å²) in [4.78, 5) is 6.47. The number of nitrogens with zero attached hydrogens (tertiary/aromatic N) is 2. The first-order chi connectivity index (χ1) is 7.85. The molecule has 1 aliphatic heterocycles. The molecule has 1 fully saturated rings. The van der Waals surface area contributed by atoms with Crippen LogP contribution >= 0.6 is 0 Å². The molecule has 1 N–H and O–H groups in total. The molecule has 0 bridgehead atoms. The van der Waals surface area contributed by atoms with E-state index in [4.69, 9.17) is 4.74 Å². The molecule has 88 valence electrons. The highest BCUT2D eigenvalue weighted by atomic mass is 16.5. The van der Waals surface area contributed by atoms with Gasteiger partial charge in [0.1, 0.15) is 0 Å². The molecular formula is C12H18N2O2. The molecular weight excluding hydrogens is 204 g/mol. The van der Waals surface area contributed by atoms with Crippen molar-refractivity contribution in [3.8, 4) is 5.88 Å². The molecule has 2 rings (SSSR count). The number of rotatable bonds is 4. The van der Waals surface area contributed by atoms with E-state index in [0.29, 0.717) is 11.9 Å². The van der Waals surface area contributed by atoms with Gasteiger partial charge < -0.3 is 9.84 Å². The van der Waals surface area contributed by atoms with Gasteiger partial charge in [-0.15, -0.1) is 0 Å². The molecule has 0 aromatic carbocycles. The van der Waals surface area contributed by atoms with E-state index in [9.17, 15) is 5.11 Å². The average molecular weight is 222 g/mol. The van der Waals surface area contributed by atoms with Gasteiger partial charge in [0.25, 0.3) is 0 Å². The quantitative estimate of drug-likeness (QED) is 0.827. The zero-order chi connectivity index (χ0) is 11.4. The summed E-state index contributed by atoms with van der Waals surface area (Å²) >= 11 is 0. The SMILES string of the molecule is COc1ncccc1CN1CCCC1CO. The van der Waals surface area contributed by atoms with E-state index in [1.807, 2.05) is 12.1 Å². The van der Waals surface area contributed by atoms with Crippen LogP contribution in [0.25, 0.3) is 0 Å². The van der Waals surface area contributed by atoms with Crippen LogP contribution in [0.5, 0.6) is 5.88 Å². The van der Waals surface area contributed by atoms with Gasteiger partial charge in [-0.2, -0.15) is 0 Å². The average Bonchev–Trinajstić information content (AvgIpc) is 2.77. The Morgan fingerprint density at radius 1 is 1.62 bits per heavy atom. The maximum absolute atomic E-state index is 9.25. The highest BCUT2D eigenvalue weighted by Gasteiger charge is 2.24. The van der Waals surface area contributed by atoms with Crippen molar-refractivity contribution in [3.63, 3.8) is 0 Å². The van der Waals surface area contributed by atoms with Crippen LogP contribution in [0.1, 0.15) is 18.4 Å². The van der Waals surface area contributed by atoms with E-state index in [2.05, 4.69) is 9.88 Å². The first-order valence-corrected chi connectivity index (χ1v) is 5.68.